The van der Waals surface area contributed by atoms with Crippen molar-refractivity contribution >= 4 is 43.8 Å². The number of sulfonamides is 1. The molecule has 1 fully saturated rings. The van der Waals surface area contributed by atoms with E-state index in [1.807, 2.05) is 24.3 Å². The van der Waals surface area contributed by atoms with Gasteiger partial charge in [0.2, 0.25) is 10.0 Å². The normalized spacial score (nSPS) is 18.8. The second kappa shape index (κ2) is 5.83. The summed E-state index contributed by atoms with van der Waals surface area (Å²) in [4.78, 5) is 4.66. The van der Waals surface area contributed by atoms with Gasteiger partial charge in [-0.3, -0.25) is 0 Å². The SMILES string of the molecule is O=S(=O)(c1cccc2nsnc12)N1CC[C@H](n2cnc3ccccc32)C1. The minimum absolute atomic E-state index is 0.0740. The van der Waals surface area contributed by atoms with Crippen molar-refractivity contribution in [1.82, 2.24) is 22.6 Å². The number of hydrogen-bond donors (Lipinski definition) is 0. The summed E-state index contributed by atoms with van der Waals surface area (Å²) in [7, 11) is -3.61. The lowest BCUT2D eigenvalue weighted by molar-refractivity contribution is 0.455. The molecule has 9 heteroatoms. The summed E-state index contributed by atoms with van der Waals surface area (Å²) in [5.74, 6) is 0. The first-order valence-corrected chi connectivity index (χ1v) is 10.4. The maximum atomic E-state index is 13.2. The van der Waals surface area contributed by atoms with E-state index in [4.69, 9.17) is 0 Å². The largest absolute Gasteiger partial charge is 0.326 e. The van der Waals surface area contributed by atoms with Crippen molar-refractivity contribution in [2.45, 2.75) is 17.4 Å². The smallest absolute Gasteiger partial charge is 0.245 e. The van der Waals surface area contributed by atoms with Crippen LogP contribution in [0.25, 0.3) is 22.1 Å². The minimum Gasteiger partial charge on any atom is -0.326 e. The number of benzene rings is 2. The van der Waals surface area contributed by atoms with Gasteiger partial charge in [-0.2, -0.15) is 13.1 Å². The molecule has 1 aliphatic rings. The molecule has 0 unspecified atom stereocenters. The zero-order chi connectivity index (χ0) is 17.7. The lowest BCUT2D eigenvalue weighted by atomic mass is 10.2. The third-order valence-electron chi connectivity index (χ3n) is 4.87. The van der Waals surface area contributed by atoms with E-state index in [1.54, 1.807) is 28.8 Å². The van der Waals surface area contributed by atoms with Crippen LogP contribution in [-0.2, 0) is 10.0 Å². The lowest BCUT2D eigenvalue weighted by Gasteiger charge is -2.17. The highest BCUT2D eigenvalue weighted by Gasteiger charge is 2.35. The van der Waals surface area contributed by atoms with Crippen molar-refractivity contribution in [1.29, 1.82) is 0 Å². The Morgan fingerprint density at radius 3 is 2.81 bits per heavy atom. The molecule has 3 heterocycles. The Kier molecular flexibility index (Phi) is 3.56. The van der Waals surface area contributed by atoms with Crippen LogP contribution >= 0.6 is 11.7 Å². The molecule has 0 spiro atoms. The number of aromatic nitrogens is 4. The highest BCUT2D eigenvalue weighted by molar-refractivity contribution is 7.89. The molecular weight excluding hydrogens is 370 g/mol. The highest BCUT2D eigenvalue weighted by atomic mass is 32.2. The second-order valence-electron chi connectivity index (χ2n) is 6.33. The number of nitrogens with zero attached hydrogens (tertiary/aromatic N) is 5. The second-order valence-corrected chi connectivity index (χ2v) is 8.77. The van der Waals surface area contributed by atoms with Gasteiger partial charge in [-0.05, 0) is 30.7 Å². The molecule has 5 rings (SSSR count). The highest BCUT2D eigenvalue weighted by Crippen LogP contribution is 2.31. The van der Waals surface area contributed by atoms with Crippen molar-refractivity contribution in [3.8, 4) is 0 Å². The van der Waals surface area contributed by atoms with Crippen LogP contribution in [0.3, 0.4) is 0 Å². The van der Waals surface area contributed by atoms with Gasteiger partial charge >= 0.3 is 0 Å². The van der Waals surface area contributed by atoms with Crippen molar-refractivity contribution in [2.24, 2.45) is 0 Å². The molecule has 4 aromatic rings. The molecule has 0 N–H and O–H groups in total. The molecule has 1 aliphatic heterocycles. The van der Waals surface area contributed by atoms with Gasteiger partial charge in [0.15, 0.2) is 0 Å². The summed E-state index contributed by atoms with van der Waals surface area (Å²) >= 11 is 1.03. The summed E-state index contributed by atoms with van der Waals surface area (Å²) in [6.07, 6.45) is 2.56. The van der Waals surface area contributed by atoms with Crippen LogP contribution < -0.4 is 0 Å². The van der Waals surface area contributed by atoms with Crippen molar-refractivity contribution in [3.63, 3.8) is 0 Å². The number of hydrogen-bond acceptors (Lipinski definition) is 6. The van der Waals surface area contributed by atoms with Gasteiger partial charge in [0.05, 0.1) is 35.1 Å². The first-order chi connectivity index (χ1) is 12.6. The zero-order valence-corrected chi connectivity index (χ0v) is 15.3. The van der Waals surface area contributed by atoms with E-state index < -0.39 is 10.0 Å². The molecule has 0 saturated carbocycles. The van der Waals surface area contributed by atoms with Crippen molar-refractivity contribution in [2.75, 3.05) is 13.1 Å². The Balaban J connectivity index is 1.49. The maximum Gasteiger partial charge on any atom is 0.245 e. The predicted molar refractivity (Wildman–Crippen MR) is 99.6 cm³/mol. The van der Waals surface area contributed by atoms with Crippen LogP contribution in [0, 0.1) is 0 Å². The first kappa shape index (κ1) is 15.9. The summed E-state index contributed by atoms with van der Waals surface area (Å²) in [5, 5.41) is 0. The monoisotopic (exact) mass is 385 g/mol. The Labute approximate surface area is 154 Å². The molecular formula is C17H15N5O2S2. The Morgan fingerprint density at radius 2 is 1.88 bits per heavy atom. The molecule has 1 atom stereocenters. The van der Waals surface area contributed by atoms with Crippen molar-refractivity contribution in [3.05, 3.63) is 48.8 Å². The van der Waals surface area contributed by atoms with Crippen LogP contribution in [0.1, 0.15) is 12.5 Å². The van der Waals surface area contributed by atoms with E-state index in [0.717, 1.165) is 29.2 Å². The predicted octanol–water partition coefficient (Wildman–Crippen LogP) is 2.68. The average Bonchev–Trinajstić information content (AvgIpc) is 3.38. The van der Waals surface area contributed by atoms with E-state index in [9.17, 15) is 8.42 Å². The number of para-hydroxylation sites is 2. The summed E-state index contributed by atoms with van der Waals surface area (Å²) in [6.45, 7) is 0.907. The van der Waals surface area contributed by atoms with Gasteiger partial charge < -0.3 is 4.57 Å². The third kappa shape index (κ3) is 2.35. The van der Waals surface area contributed by atoms with Crippen LogP contribution in [0.2, 0.25) is 0 Å². The van der Waals surface area contributed by atoms with Crippen LogP contribution in [0.15, 0.2) is 53.7 Å². The van der Waals surface area contributed by atoms with Crippen LogP contribution in [0.4, 0.5) is 0 Å². The van der Waals surface area contributed by atoms with Gasteiger partial charge in [0.1, 0.15) is 15.9 Å². The standard InChI is InChI=1S/C17H15N5O2S2/c23-26(24,16-7-3-5-14-17(16)20-25-19-14)21-9-8-12(10-21)22-11-18-13-4-1-2-6-15(13)22/h1-7,11-12H,8-10H2/t12-/m0/s1. The van der Waals surface area contributed by atoms with Crippen molar-refractivity contribution < 1.29 is 8.42 Å². The molecule has 0 aliphatic carbocycles. The average molecular weight is 385 g/mol. The molecule has 0 bridgehead atoms. The fraction of sp³-hybridized carbons (Fsp3) is 0.235. The van der Waals surface area contributed by atoms with Crippen LogP contribution in [-0.4, -0.2) is 44.1 Å². The molecule has 2 aromatic heterocycles. The first-order valence-electron chi connectivity index (χ1n) is 8.27. The summed E-state index contributed by atoms with van der Waals surface area (Å²) < 4.78 is 38.3. The van der Waals surface area contributed by atoms with E-state index in [1.165, 1.54) is 0 Å². The van der Waals surface area contributed by atoms with E-state index in [-0.39, 0.29) is 10.9 Å². The summed E-state index contributed by atoms with van der Waals surface area (Å²) in [6, 6.07) is 13.1. The third-order valence-corrected chi connectivity index (χ3v) is 7.31. The lowest BCUT2D eigenvalue weighted by Crippen LogP contribution is -2.29. The molecule has 1 saturated heterocycles. The molecule has 0 amide bonds. The molecule has 132 valence electrons. The van der Waals surface area contributed by atoms with Gasteiger partial charge in [0.25, 0.3) is 0 Å². The minimum atomic E-state index is -3.61. The Hall–Kier alpha value is -2.36. The molecule has 2 aromatic carbocycles. The Bertz CT molecular complexity index is 1210. The Morgan fingerprint density at radius 1 is 1.04 bits per heavy atom. The fourth-order valence-corrected chi connectivity index (χ4v) is 5.80. The maximum absolute atomic E-state index is 13.2. The number of imidazole rings is 1. The van der Waals surface area contributed by atoms with Gasteiger partial charge in [-0.15, -0.1) is 0 Å². The zero-order valence-electron chi connectivity index (χ0n) is 13.7. The molecule has 26 heavy (non-hydrogen) atoms. The topological polar surface area (TPSA) is 81.0 Å². The van der Waals surface area contributed by atoms with Gasteiger partial charge in [-0.25, -0.2) is 13.4 Å². The number of fused-ring (bicyclic) bond motifs is 2. The van der Waals surface area contributed by atoms with Crippen LogP contribution in [0.5, 0.6) is 0 Å². The van der Waals surface area contributed by atoms with E-state index in [0.29, 0.717) is 24.1 Å². The number of rotatable bonds is 3. The quantitative estimate of drug-likeness (QED) is 0.542. The molecule has 7 nitrogen and oxygen atoms in total. The molecule has 0 radical (unpaired) electrons. The van der Waals surface area contributed by atoms with E-state index >= 15 is 0 Å². The van der Waals surface area contributed by atoms with Gasteiger partial charge in [-0.1, -0.05) is 18.2 Å². The van der Waals surface area contributed by atoms with Gasteiger partial charge in [0, 0.05) is 13.1 Å². The summed E-state index contributed by atoms with van der Waals surface area (Å²) in [5.41, 5.74) is 3.02. The fourth-order valence-electron chi connectivity index (χ4n) is 3.55. The van der Waals surface area contributed by atoms with E-state index in [2.05, 4.69) is 18.3 Å².